The van der Waals surface area contributed by atoms with Crippen molar-refractivity contribution in [3.63, 3.8) is 0 Å². The summed E-state index contributed by atoms with van der Waals surface area (Å²) in [6.07, 6.45) is 0.0602. The van der Waals surface area contributed by atoms with E-state index >= 15 is 0 Å². The second-order valence-corrected chi connectivity index (χ2v) is 6.30. The summed E-state index contributed by atoms with van der Waals surface area (Å²) in [5, 5.41) is 0. The second kappa shape index (κ2) is 5.31. The highest BCUT2D eigenvalue weighted by atomic mass is 16.7. The Balaban J connectivity index is 4.43. The molecule has 0 aromatic rings. The Kier molecular flexibility index (Phi) is 5.28. The van der Waals surface area contributed by atoms with Crippen molar-refractivity contribution in [2.24, 2.45) is 10.8 Å². The van der Waals surface area contributed by atoms with Gasteiger partial charge in [0.05, 0.1) is 6.10 Å². The van der Waals surface area contributed by atoms with Gasteiger partial charge in [0, 0.05) is 12.0 Å². The molecule has 2 atom stereocenters. The molecule has 0 saturated carbocycles. The van der Waals surface area contributed by atoms with Crippen LogP contribution in [0.25, 0.3) is 0 Å². The summed E-state index contributed by atoms with van der Waals surface area (Å²) in [4.78, 5) is 0. The number of hydrogen-bond acceptors (Lipinski definition) is 2. The molecule has 92 valence electrons. The van der Waals surface area contributed by atoms with Gasteiger partial charge in [-0.05, 0) is 19.3 Å². The molecule has 0 heterocycles. The van der Waals surface area contributed by atoms with E-state index in [0.29, 0.717) is 6.61 Å². The fourth-order valence-electron chi connectivity index (χ4n) is 1.03. The van der Waals surface area contributed by atoms with Crippen LogP contribution in [0.5, 0.6) is 0 Å². The van der Waals surface area contributed by atoms with E-state index in [1.165, 1.54) is 0 Å². The summed E-state index contributed by atoms with van der Waals surface area (Å²) in [5.41, 5.74) is 0.177. The minimum Gasteiger partial charge on any atom is -0.352 e. The first-order valence-electron chi connectivity index (χ1n) is 5.86. The molecule has 0 N–H and O–H groups in total. The van der Waals surface area contributed by atoms with Crippen molar-refractivity contribution in [1.29, 1.82) is 0 Å². The Labute approximate surface area is 95.3 Å². The lowest BCUT2D eigenvalue weighted by atomic mass is 9.89. The first-order valence-corrected chi connectivity index (χ1v) is 5.86. The molecule has 0 radical (unpaired) electrons. The van der Waals surface area contributed by atoms with Crippen molar-refractivity contribution >= 4 is 0 Å². The Morgan fingerprint density at radius 2 is 1.40 bits per heavy atom. The van der Waals surface area contributed by atoms with Crippen molar-refractivity contribution in [3.8, 4) is 0 Å². The van der Waals surface area contributed by atoms with Gasteiger partial charge >= 0.3 is 0 Å². The largest absolute Gasteiger partial charge is 0.352 e. The van der Waals surface area contributed by atoms with Gasteiger partial charge in [-0.15, -0.1) is 0 Å². The maximum Gasteiger partial charge on any atom is 0.162 e. The van der Waals surface area contributed by atoms with Gasteiger partial charge in [-0.3, -0.25) is 0 Å². The van der Waals surface area contributed by atoms with Crippen LogP contribution in [0.2, 0.25) is 0 Å². The van der Waals surface area contributed by atoms with Crippen molar-refractivity contribution in [2.45, 2.75) is 67.8 Å². The second-order valence-electron chi connectivity index (χ2n) is 6.30. The summed E-state index contributed by atoms with van der Waals surface area (Å²) in [7, 11) is 0. The van der Waals surface area contributed by atoms with E-state index in [9.17, 15) is 0 Å². The summed E-state index contributed by atoms with van der Waals surface area (Å²) in [6.45, 7) is 17.8. The van der Waals surface area contributed by atoms with Gasteiger partial charge in [-0.25, -0.2) is 0 Å². The smallest absolute Gasteiger partial charge is 0.162 e. The number of ether oxygens (including phenoxy) is 2. The summed E-state index contributed by atoms with van der Waals surface area (Å²) >= 11 is 0. The molecule has 2 unspecified atom stereocenters. The molecule has 0 fully saturated rings. The Morgan fingerprint density at radius 3 is 1.67 bits per heavy atom. The van der Waals surface area contributed by atoms with Crippen LogP contribution in [0, 0.1) is 10.8 Å². The van der Waals surface area contributed by atoms with E-state index in [2.05, 4.69) is 48.5 Å². The van der Waals surface area contributed by atoms with E-state index in [-0.39, 0.29) is 23.2 Å². The highest BCUT2D eigenvalue weighted by Gasteiger charge is 2.31. The summed E-state index contributed by atoms with van der Waals surface area (Å²) in [6, 6.07) is 0. The molecule has 0 bridgehead atoms. The summed E-state index contributed by atoms with van der Waals surface area (Å²) in [5.74, 6) is 0. The van der Waals surface area contributed by atoms with E-state index in [4.69, 9.17) is 9.47 Å². The van der Waals surface area contributed by atoms with Crippen LogP contribution in [-0.2, 0) is 9.47 Å². The van der Waals surface area contributed by atoms with Gasteiger partial charge in [0.1, 0.15) is 0 Å². The summed E-state index contributed by atoms with van der Waals surface area (Å²) < 4.78 is 11.6. The third-order valence-corrected chi connectivity index (χ3v) is 2.57. The molecule has 2 nitrogen and oxygen atoms in total. The fourth-order valence-corrected chi connectivity index (χ4v) is 1.03. The van der Waals surface area contributed by atoms with Gasteiger partial charge in [0.25, 0.3) is 0 Å². The molecule has 0 aromatic heterocycles. The fraction of sp³-hybridized carbons (Fsp3) is 1.00. The standard InChI is InChI=1S/C13H28O2/c1-9-14-11(13(6,7)8)15-10(2)12(3,4)5/h10-11H,9H2,1-8H3. The van der Waals surface area contributed by atoms with Crippen LogP contribution >= 0.6 is 0 Å². The van der Waals surface area contributed by atoms with Gasteiger partial charge in [-0.1, -0.05) is 41.5 Å². The molecule has 0 rings (SSSR count). The molecule has 15 heavy (non-hydrogen) atoms. The van der Waals surface area contributed by atoms with Crippen LogP contribution < -0.4 is 0 Å². The molecule has 0 aliphatic heterocycles. The predicted octanol–water partition coefficient (Wildman–Crippen LogP) is 3.85. The van der Waals surface area contributed by atoms with Crippen LogP contribution in [0.1, 0.15) is 55.4 Å². The van der Waals surface area contributed by atoms with Crippen molar-refractivity contribution < 1.29 is 9.47 Å². The maximum absolute atomic E-state index is 6.00. The normalized spacial score (nSPS) is 17.6. The lowest BCUT2D eigenvalue weighted by Gasteiger charge is -2.36. The monoisotopic (exact) mass is 216 g/mol. The van der Waals surface area contributed by atoms with Gasteiger partial charge in [0.15, 0.2) is 6.29 Å². The highest BCUT2D eigenvalue weighted by Crippen LogP contribution is 2.29. The number of hydrogen-bond donors (Lipinski definition) is 0. The van der Waals surface area contributed by atoms with Crippen molar-refractivity contribution in [3.05, 3.63) is 0 Å². The SMILES string of the molecule is CCOC(OC(C)C(C)(C)C)C(C)(C)C. The quantitative estimate of drug-likeness (QED) is 0.665. The van der Waals surface area contributed by atoms with Crippen LogP contribution in [-0.4, -0.2) is 19.0 Å². The molecule has 2 heteroatoms. The van der Waals surface area contributed by atoms with E-state index in [0.717, 1.165) is 0 Å². The molecule has 0 saturated heterocycles. The van der Waals surface area contributed by atoms with Gasteiger partial charge < -0.3 is 9.47 Å². The molecule has 0 aliphatic carbocycles. The van der Waals surface area contributed by atoms with E-state index < -0.39 is 0 Å². The third kappa shape index (κ3) is 5.53. The lowest BCUT2D eigenvalue weighted by molar-refractivity contribution is -0.228. The minimum atomic E-state index is -0.128. The zero-order valence-corrected chi connectivity index (χ0v) is 11.7. The minimum absolute atomic E-state index is 0.0233. The maximum atomic E-state index is 6.00. The Hall–Kier alpha value is -0.0800. The van der Waals surface area contributed by atoms with Crippen LogP contribution in [0.4, 0.5) is 0 Å². The highest BCUT2D eigenvalue weighted by molar-refractivity contribution is 4.74. The first kappa shape index (κ1) is 14.9. The van der Waals surface area contributed by atoms with Gasteiger partial charge in [-0.2, -0.15) is 0 Å². The average molecular weight is 216 g/mol. The van der Waals surface area contributed by atoms with Crippen molar-refractivity contribution in [1.82, 2.24) is 0 Å². The molecule has 0 aromatic carbocycles. The predicted molar refractivity (Wildman–Crippen MR) is 64.9 cm³/mol. The lowest BCUT2D eigenvalue weighted by Crippen LogP contribution is -2.39. The molecule has 0 aliphatic rings. The topological polar surface area (TPSA) is 18.5 Å². The molecule has 0 amide bonds. The first-order chi connectivity index (χ1) is 6.59. The number of rotatable bonds is 4. The zero-order valence-electron chi connectivity index (χ0n) is 11.7. The van der Waals surface area contributed by atoms with E-state index in [1.807, 2.05) is 6.92 Å². The Bertz CT molecular complexity index is 174. The zero-order chi connectivity index (χ0) is 12.3. The Morgan fingerprint density at radius 1 is 0.933 bits per heavy atom. The molecular weight excluding hydrogens is 188 g/mol. The van der Waals surface area contributed by atoms with Gasteiger partial charge in [0.2, 0.25) is 0 Å². The van der Waals surface area contributed by atoms with Crippen molar-refractivity contribution in [2.75, 3.05) is 6.61 Å². The molecular formula is C13H28O2. The van der Waals surface area contributed by atoms with E-state index in [1.54, 1.807) is 0 Å². The third-order valence-electron chi connectivity index (χ3n) is 2.57. The average Bonchev–Trinajstić information content (AvgIpc) is 1.99. The molecule has 0 spiro atoms. The van der Waals surface area contributed by atoms with Crippen LogP contribution in [0.15, 0.2) is 0 Å². The van der Waals surface area contributed by atoms with Crippen LogP contribution in [0.3, 0.4) is 0 Å².